The van der Waals surface area contributed by atoms with Crippen LogP contribution in [0.15, 0.2) is 17.0 Å². The smallest absolute Gasteiger partial charge is 0.578 e. The highest BCUT2D eigenvalue weighted by Gasteiger charge is 2.55. The number of fused-ring (bicyclic) bond motifs is 3. The predicted octanol–water partition coefficient (Wildman–Crippen LogP) is 3.66. The largest absolute Gasteiger partial charge is 0.604 e. The second-order valence-electron chi connectivity index (χ2n) is 6.29. The average molecular weight is 498 g/mol. The molecule has 0 saturated carbocycles. The van der Waals surface area contributed by atoms with Gasteiger partial charge in [-0.3, -0.25) is 0 Å². The lowest BCUT2D eigenvalue weighted by Crippen LogP contribution is -2.47. The van der Waals surface area contributed by atoms with Crippen LogP contribution in [0.5, 0.6) is 0 Å². The summed E-state index contributed by atoms with van der Waals surface area (Å²) < 4.78 is 91.9. The van der Waals surface area contributed by atoms with Crippen molar-refractivity contribution in [3.8, 4) is 17.8 Å². The molecule has 3 rings (SSSR count). The summed E-state index contributed by atoms with van der Waals surface area (Å²) in [7, 11) is 0. The summed E-state index contributed by atoms with van der Waals surface area (Å²) >= 11 is 2.05. The van der Waals surface area contributed by atoms with Gasteiger partial charge in [-0.05, 0) is 12.1 Å². The first-order valence-corrected chi connectivity index (χ1v) is 9.53. The molecule has 2 heterocycles. The molecule has 0 saturated heterocycles. The number of nitrogens with one attached hydrogen (secondary N) is 1. The van der Waals surface area contributed by atoms with Crippen molar-refractivity contribution in [1.82, 2.24) is 9.78 Å². The van der Waals surface area contributed by atoms with Crippen LogP contribution in [-0.2, 0) is 27.7 Å². The SMILES string of the molecule is N#CCC1(C(=O)O)Nc2c([S+]([O-])C(F)(F)F)c(C#N)nn2-c2c(Cl)cc(C(F)(F)F)cc21. The molecular weight excluding hydrogens is 492 g/mol. The van der Waals surface area contributed by atoms with Crippen molar-refractivity contribution in [3.63, 3.8) is 0 Å². The van der Waals surface area contributed by atoms with E-state index in [0.717, 1.165) is 0 Å². The number of rotatable bonds is 3. The van der Waals surface area contributed by atoms with Crippen LogP contribution in [0.25, 0.3) is 5.69 Å². The number of benzene rings is 1. The monoisotopic (exact) mass is 497 g/mol. The number of carboxylic acid groups (broad SMARTS) is 1. The van der Waals surface area contributed by atoms with Gasteiger partial charge in [0.25, 0.3) is 0 Å². The summed E-state index contributed by atoms with van der Waals surface area (Å²) in [4.78, 5) is 10.9. The standard InChI is InChI=1S/C16H6ClF6N5O3S/c17-8-4-6(15(18,19)20)3-7-10(8)28-12(26-14(7,1-2-24)13(29)30)11(9(5-25)27-28)32(31)16(21,22)23/h3-4,26H,1H2,(H,29,30). The molecule has 8 nitrogen and oxygen atoms in total. The fraction of sp³-hybridized carbons (Fsp3) is 0.250. The van der Waals surface area contributed by atoms with E-state index < -0.39 is 79.0 Å². The Morgan fingerprint density at radius 2 is 1.94 bits per heavy atom. The Labute approximate surface area is 181 Å². The molecule has 1 aromatic carbocycles. The number of carbonyl (C=O) groups is 1. The second kappa shape index (κ2) is 7.47. The fourth-order valence-corrected chi connectivity index (χ4v) is 4.22. The molecule has 0 amide bonds. The molecule has 1 aliphatic rings. The lowest BCUT2D eigenvalue weighted by Gasteiger charge is -2.36. The highest BCUT2D eigenvalue weighted by atomic mass is 35.5. The van der Waals surface area contributed by atoms with Gasteiger partial charge in [-0.25, -0.2) is 9.48 Å². The van der Waals surface area contributed by atoms with Crippen molar-refractivity contribution in [3.05, 3.63) is 34.0 Å². The van der Waals surface area contributed by atoms with E-state index in [2.05, 4.69) is 10.4 Å². The van der Waals surface area contributed by atoms with E-state index in [0.29, 0.717) is 16.8 Å². The zero-order valence-corrected chi connectivity index (χ0v) is 16.5. The molecule has 2 N–H and O–H groups in total. The normalized spacial score (nSPS) is 18.6. The number of anilines is 1. The molecule has 168 valence electrons. The molecule has 0 radical (unpaired) electrons. The topological polar surface area (TPSA) is 138 Å². The number of halogens is 7. The Kier molecular flexibility index (Phi) is 5.49. The quantitative estimate of drug-likeness (QED) is 0.487. The first-order valence-electron chi connectivity index (χ1n) is 8.01. The Morgan fingerprint density at radius 1 is 1.31 bits per heavy atom. The Hall–Kier alpha value is -3.14. The van der Waals surface area contributed by atoms with Gasteiger partial charge in [0.2, 0.25) is 10.6 Å². The summed E-state index contributed by atoms with van der Waals surface area (Å²) in [6.07, 6.45) is -6.07. The van der Waals surface area contributed by atoms with E-state index in [4.69, 9.17) is 16.9 Å². The summed E-state index contributed by atoms with van der Waals surface area (Å²) in [5.41, 5.74) is -11.9. The fourth-order valence-electron chi connectivity index (χ4n) is 3.11. The van der Waals surface area contributed by atoms with Crippen molar-refractivity contribution in [2.75, 3.05) is 5.32 Å². The molecule has 16 heteroatoms. The minimum Gasteiger partial charge on any atom is -0.604 e. The highest BCUT2D eigenvalue weighted by molar-refractivity contribution is 7.92. The molecule has 0 bridgehead atoms. The van der Waals surface area contributed by atoms with E-state index in [1.165, 1.54) is 12.1 Å². The van der Waals surface area contributed by atoms with Crippen LogP contribution in [0.4, 0.5) is 32.2 Å². The first kappa shape index (κ1) is 23.5. The minimum atomic E-state index is -5.40. The van der Waals surface area contributed by atoms with Gasteiger partial charge in [-0.2, -0.15) is 23.7 Å². The third-order valence-corrected chi connectivity index (χ3v) is 5.91. The average Bonchev–Trinajstić information content (AvgIpc) is 3.03. The van der Waals surface area contributed by atoms with Gasteiger partial charge in [-0.15, -0.1) is 18.3 Å². The Bertz CT molecular complexity index is 1220. The predicted molar refractivity (Wildman–Crippen MR) is 93.9 cm³/mol. The molecule has 2 atom stereocenters. The number of aromatic nitrogens is 2. The molecular formula is C16H6ClF6N5O3S. The molecule has 32 heavy (non-hydrogen) atoms. The number of carboxylic acids is 1. The molecule has 0 fully saturated rings. The van der Waals surface area contributed by atoms with Gasteiger partial charge in [0.1, 0.15) is 17.2 Å². The highest BCUT2D eigenvalue weighted by Crippen LogP contribution is 2.48. The van der Waals surface area contributed by atoms with Crippen LogP contribution in [0.3, 0.4) is 0 Å². The third kappa shape index (κ3) is 3.48. The maximum Gasteiger partial charge on any atom is 0.578 e. The van der Waals surface area contributed by atoms with Gasteiger partial charge in [0.15, 0.2) is 11.4 Å². The second-order valence-corrected chi connectivity index (χ2v) is 8.10. The van der Waals surface area contributed by atoms with Crippen molar-refractivity contribution in [2.24, 2.45) is 0 Å². The Balaban J connectivity index is 2.49. The van der Waals surface area contributed by atoms with Crippen LogP contribution in [0, 0.1) is 22.7 Å². The van der Waals surface area contributed by atoms with Crippen LogP contribution in [0.1, 0.15) is 23.2 Å². The van der Waals surface area contributed by atoms with Crippen LogP contribution < -0.4 is 5.32 Å². The van der Waals surface area contributed by atoms with E-state index >= 15 is 0 Å². The number of alkyl halides is 6. The van der Waals surface area contributed by atoms with Crippen molar-refractivity contribution < 1.29 is 40.8 Å². The summed E-state index contributed by atoms with van der Waals surface area (Å²) in [6.45, 7) is 0. The lowest BCUT2D eigenvalue weighted by molar-refractivity contribution is -0.143. The maximum absolute atomic E-state index is 13.3. The summed E-state index contributed by atoms with van der Waals surface area (Å²) in [6, 6.07) is 3.46. The number of hydrogen-bond acceptors (Lipinski definition) is 6. The van der Waals surface area contributed by atoms with E-state index in [1.54, 1.807) is 0 Å². The lowest BCUT2D eigenvalue weighted by atomic mass is 9.83. The molecule has 0 aliphatic carbocycles. The zero-order valence-electron chi connectivity index (χ0n) is 15.0. The van der Waals surface area contributed by atoms with Crippen LogP contribution >= 0.6 is 11.6 Å². The number of nitriles is 2. The molecule has 2 aromatic rings. The molecule has 0 spiro atoms. The van der Waals surface area contributed by atoms with Crippen molar-refractivity contribution in [2.45, 2.75) is 28.5 Å². The molecule has 2 unspecified atom stereocenters. The molecule has 1 aliphatic heterocycles. The van der Waals surface area contributed by atoms with Gasteiger partial charge in [-0.1, -0.05) is 11.6 Å². The van der Waals surface area contributed by atoms with Gasteiger partial charge in [0, 0.05) is 5.56 Å². The minimum absolute atomic E-state index is 0.358. The maximum atomic E-state index is 13.3. The van der Waals surface area contributed by atoms with Crippen LogP contribution in [-0.4, -0.2) is 30.9 Å². The number of aliphatic carboxylic acids is 1. The van der Waals surface area contributed by atoms with Crippen LogP contribution in [0.2, 0.25) is 5.02 Å². The van der Waals surface area contributed by atoms with E-state index in [9.17, 15) is 46.1 Å². The van der Waals surface area contributed by atoms with Crippen molar-refractivity contribution >= 4 is 34.6 Å². The summed E-state index contributed by atoms with van der Waals surface area (Å²) in [5, 5.41) is 32.9. The number of nitrogens with zero attached hydrogens (tertiary/aromatic N) is 4. The molecule has 1 aromatic heterocycles. The van der Waals surface area contributed by atoms with Crippen molar-refractivity contribution in [1.29, 1.82) is 10.5 Å². The zero-order chi connectivity index (χ0) is 24.2. The van der Waals surface area contributed by atoms with Gasteiger partial charge >= 0.3 is 17.7 Å². The van der Waals surface area contributed by atoms with Gasteiger partial charge in [0.05, 0.1) is 28.8 Å². The van der Waals surface area contributed by atoms with E-state index in [1.807, 2.05) is 0 Å². The summed E-state index contributed by atoms with van der Waals surface area (Å²) in [5.74, 6) is -2.85. The first-order chi connectivity index (χ1) is 14.7. The van der Waals surface area contributed by atoms with Gasteiger partial charge < -0.3 is 15.0 Å². The number of hydrogen-bond donors (Lipinski definition) is 2. The Morgan fingerprint density at radius 3 is 2.41 bits per heavy atom. The van der Waals surface area contributed by atoms with E-state index in [-0.39, 0.29) is 0 Å². The third-order valence-electron chi connectivity index (χ3n) is 4.45.